The summed E-state index contributed by atoms with van der Waals surface area (Å²) in [6.07, 6.45) is 0. The van der Waals surface area contributed by atoms with Gasteiger partial charge in [0.25, 0.3) is 0 Å². The maximum absolute atomic E-state index is 6.13. The summed E-state index contributed by atoms with van der Waals surface area (Å²) in [5.74, 6) is 0. The minimum absolute atomic E-state index is 0.000684. The molecule has 4 nitrogen and oxygen atoms in total. The van der Waals surface area contributed by atoms with Gasteiger partial charge in [-0.1, -0.05) is 23.2 Å². The summed E-state index contributed by atoms with van der Waals surface area (Å²) in [5.41, 5.74) is 0.743. The molecule has 7 heteroatoms. The fourth-order valence-electron chi connectivity index (χ4n) is 2.33. The molecule has 22 heavy (non-hydrogen) atoms. The third-order valence-corrected chi connectivity index (χ3v) is 4.52. The number of hydrogen-bond donors (Lipinski definition) is 2. The summed E-state index contributed by atoms with van der Waals surface area (Å²) >= 11 is 17.4. The monoisotopic (exact) mass is 361 g/mol. The number of nitrogens with one attached hydrogen (secondary N) is 2. The van der Waals surface area contributed by atoms with Crippen molar-refractivity contribution in [2.45, 2.75) is 19.4 Å². The molecule has 2 rings (SSSR count). The van der Waals surface area contributed by atoms with E-state index in [1.54, 1.807) is 12.1 Å². The van der Waals surface area contributed by atoms with Crippen LogP contribution in [0.15, 0.2) is 18.2 Å². The average Bonchev–Trinajstić information content (AvgIpc) is 2.49. The SMILES string of the molecule is CC(C)(CNC(=S)Nc1ccc(Cl)cc1Cl)N1CCOCC1. The molecule has 1 aliphatic rings. The first-order valence-electron chi connectivity index (χ1n) is 7.21. The third kappa shape index (κ3) is 4.96. The first-order chi connectivity index (χ1) is 10.4. The molecule has 0 spiro atoms. The van der Waals surface area contributed by atoms with Crippen LogP contribution in [0.3, 0.4) is 0 Å². The lowest BCUT2D eigenvalue weighted by molar-refractivity contribution is -0.00823. The van der Waals surface area contributed by atoms with Crippen molar-refractivity contribution in [3.63, 3.8) is 0 Å². The van der Waals surface area contributed by atoms with E-state index in [4.69, 9.17) is 40.2 Å². The van der Waals surface area contributed by atoms with Gasteiger partial charge in [0.15, 0.2) is 5.11 Å². The zero-order chi connectivity index (χ0) is 16.2. The lowest BCUT2D eigenvalue weighted by atomic mass is 10.0. The lowest BCUT2D eigenvalue weighted by Gasteiger charge is -2.41. The van der Waals surface area contributed by atoms with Crippen molar-refractivity contribution < 1.29 is 4.74 Å². The van der Waals surface area contributed by atoms with Crippen molar-refractivity contribution in [1.29, 1.82) is 0 Å². The van der Waals surface area contributed by atoms with E-state index in [2.05, 4.69) is 29.4 Å². The van der Waals surface area contributed by atoms with E-state index in [9.17, 15) is 0 Å². The van der Waals surface area contributed by atoms with Gasteiger partial charge in [-0.25, -0.2) is 0 Å². The number of thiocarbonyl (C=S) groups is 1. The van der Waals surface area contributed by atoms with Crippen LogP contribution in [0.5, 0.6) is 0 Å². The van der Waals surface area contributed by atoms with Crippen LogP contribution in [-0.4, -0.2) is 48.4 Å². The van der Waals surface area contributed by atoms with Gasteiger partial charge in [0.05, 0.1) is 23.9 Å². The van der Waals surface area contributed by atoms with Crippen LogP contribution in [0, 0.1) is 0 Å². The quantitative estimate of drug-likeness (QED) is 0.803. The number of nitrogens with zero attached hydrogens (tertiary/aromatic N) is 1. The molecule has 0 atom stereocenters. The molecule has 1 aromatic carbocycles. The molecule has 1 aliphatic heterocycles. The molecule has 0 aromatic heterocycles. The molecule has 0 aliphatic carbocycles. The van der Waals surface area contributed by atoms with Gasteiger partial charge in [0, 0.05) is 30.2 Å². The van der Waals surface area contributed by atoms with Crippen LogP contribution < -0.4 is 10.6 Å². The van der Waals surface area contributed by atoms with Gasteiger partial charge in [0.1, 0.15) is 0 Å². The van der Waals surface area contributed by atoms with Crippen LogP contribution in [0.1, 0.15) is 13.8 Å². The summed E-state index contributed by atoms with van der Waals surface area (Å²) in [5, 5.41) is 8.05. The zero-order valence-corrected chi connectivity index (χ0v) is 15.1. The Labute approximate surface area is 147 Å². The second-order valence-electron chi connectivity index (χ2n) is 5.84. The van der Waals surface area contributed by atoms with Gasteiger partial charge in [-0.3, -0.25) is 4.90 Å². The number of anilines is 1. The Morgan fingerprint density at radius 2 is 2.00 bits per heavy atom. The summed E-state index contributed by atoms with van der Waals surface area (Å²) in [6, 6.07) is 5.27. The number of benzene rings is 1. The standard InChI is InChI=1S/C15H21Cl2N3OS/c1-15(2,20-5-7-21-8-6-20)10-18-14(22)19-13-4-3-11(16)9-12(13)17/h3-4,9H,5-8,10H2,1-2H3,(H2,18,19,22). The lowest BCUT2D eigenvalue weighted by Crippen LogP contribution is -2.55. The van der Waals surface area contributed by atoms with Crippen molar-refractivity contribution in [1.82, 2.24) is 10.2 Å². The molecule has 0 amide bonds. The molecule has 1 heterocycles. The molecule has 0 unspecified atom stereocenters. The molecule has 1 saturated heterocycles. The fraction of sp³-hybridized carbons (Fsp3) is 0.533. The van der Waals surface area contributed by atoms with Crippen molar-refractivity contribution in [3.05, 3.63) is 28.2 Å². The Morgan fingerprint density at radius 1 is 1.32 bits per heavy atom. The van der Waals surface area contributed by atoms with Crippen LogP contribution in [0.2, 0.25) is 10.0 Å². The van der Waals surface area contributed by atoms with E-state index in [1.165, 1.54) is 0 Å². The molecule has 0 bridgehead atoms. The highest BCUT2D eigenvalue weighted by atomic mass is 35.5. The highest BCUT2D eigenvalue weighted by Gasteiger charge is 2.28. The minimum atomic E-state index is -0.000684. The number of rotatable bonds is 4. The van der Waals surface area contributed by atoms with Crippen LogP contribution in [0.25, 0.3) is 0 Å². The van der Waals surface area contributed by atoms with Crippen LogP contribution in [0.4, 0.5) is 5.69 Å². The molecule has 0 saturated carbocycles. The molecule has 0 radical (unpaired) electrons. The topological polar surface area (TPSA) is 36.5 Å². The molecule has 122 valence electrons. The molecular weight excluding hydrogens is 341 g/mol. The van der Waals surface area contributed by atoms with E-state index in [0.717, 1.165) is 38.5 Å². The van der Waals surface area contributed by atoms with Crippen molar-refractivity contribution in [2.75, 3.05) is 38.2 Å². The van der Waals surface area contributed by atoms with Crippen LogP contribution in [-0.2, 0) is 4.74 Å². The maximum Gasteiger partial charge on any atom is 0.170 e. The summed E-state index contributed by atoms with van der Waals surface area (Å²) in [7, 11) is 0. The minimum Gasteiger partial charge on any atom is -0.379 e. The van der Waals surface area contributed by atoms with Gasteiger partial charge in [0.2, 0.25) is 0 Å². The molecule has 1 fully saturated rings. The molecule has 2 N–H and O–H groups in total. The Hall–Kier alpha value is -0.590. The highest BCUT2D eigenvalue weighted by molar-refractivity contribution is 7.80. The van der Waals surface area contributed by atoms with E-state index < -0.39 is 0 Å². The summed E-state index contributed by atoms with van der Waals surface area (Å²) < 4.78 is 5.40. The first kappa shape index (κ1) is 17.8. The third-order valence-electron chi connectivity index (χ3n) is 3.73. The van der Waals surface area contributed by atoms with Crippen molar-refractivity contribution in [3.8, 4) is 0 Å². The Bertz CT molecular complexity index is 534. The number of morpholine rings is 1. The number of ether oxygens (including phenoxy) is 1. The Kier molecular flexibility index (Phi) is 6.29. The zero-order valence-electron chi connectivity index (χ0n) is 12.8. The van der Waals surface area contributed by atoms with Gasteiger partial charge < -0.3 is 15.4 Å². The van der Waals surface area contributed by atoms with Gasteiger partial charge >= 0.3 is 0 Å². The van der Waals surface area contributed by atoms with E-state index in [-0.39, 0.29) is 5.54 Å². The highest BCUT2D eigenvalue weighted by Crippen LogP contribution is 2.25. The van der Waals surface area contributed by atoms with Gasteiger partial charge in [-0.15, -0.1) is 0 Å². The van der Waals surface area contributed by atoms with E-state index in [1.807, 2.05) is 6.07 Å². The maximum atomic E-state index is 6.13. The van der Waals surface area contributed by atoms with Gasteiger partial charge in [-0.2, -0.15) is 0 Å². The van der Waals surface area contributed by atoms with E-state index >= 15 is 0 Å². The normalized spacial score (nSPS) is 16.4. The van der Waals surface area contributed by atoms with Crippen molar-refractivity contribution >= 4 is 46.2 Å². The number of halogens is 2. The number of hydrogen-bond acceptors (Lipinski definition) is 3. The first-order valence-corrected chi connectivity index (χ1v) is 8.37. The second-order valence-corrected chi connectivity index (χ2v) is 7.10. The molecule has 1 aromatic rings. The Morgan fingerprint density at radius 3 is 2.64 bits per heavy atom. The fourth-order valence-corrected chi connectivity index (χ4v) is 2.97. The summed E-state index contributed by atoms with van der Waals surface area (Å²) in [6.45, 7) is 8.59. The average molecular weight is 362 g/mol. The predicted molar refractivity (Wildman–Crippen MR) is 97.2 cm³/mol. The molecular formula is C15H21Cl2N3OS. The second kappa shape index (κ2) is 7.79. The van der Waals surface area contributed by atoms with Crippen LogP contribution >= 0.6 is 35.4 Å². The smallest absolute Gasteiger partial charge is 0.170 e. The predicted octanol–water partition coefficient (Wildman–Crippen LogP) is 3.39. The van der Waals surface area contributed by atoms with Crippen molar-refractivity contribution in [2.24, 2.45) is 0 Å². The Balaban J connectivity index is 1.86. The van der Waals surface area contributed by atoms with Gasteiger partial charge in [-0.05, 0) is 44.3 Å². The van der Waals surface area contributed by atoms with E-state index in [0.29, 0.717) is 15.2 Å². The largest absolute Gasteiger partial charge is 0.379 e. The summed E-state index contributed by atoms with van der Waals surface area (Å²) in [4.78, 5) is 2.40.